The zero-order chi connectivity index (χ0) is 16.2. The largest absolute Gasteiger partial charge is 0.455 e. The summed E-state index contributed by atoms with van der Waals surface area (Å²) in [6.45, 7) is 1.97. The maximum absolute atomic E-state index is 12.4. The molecule has 1 aliphatic carbocycles. The van der Waals surface area contributed by atoms with Gasteiger partial charge in [0, 0.05) is 10.9 Å². The third-order valence-corrected chi connectivity index (χ3v) is 5.43. The number of rotatable bonds is 5. The molecule has 0 saturated heterocycles. The van der Waals surface area contributed by atoms with Gasteiger partial charge in [0.1, 0.15) is 5.76 Å². The standard InChI is InChI=1S/C18H21NO3S/c1-13-5-4-8-16(11-13)23(21)12-15-9-10-17(22-15)18(20)19-14-6-2-3-7-14/h4-5,8-11,14H,2-3,6-7,12H2,1H3,(H,19,20)/t23-/m1/s1. The predicted molar refractivity (Wildman–Crippen MR) is 89.7 cm³/mol. The number of hydrogen-bond acceptors (Lipinski definition) is 3. The highest BCUT2D eigenvalue weighted by atomic mass is 32.2. The normalized spacial score (nSPS) is 16.4. The van der Waals surface area contributed by atoms with Crippen LogP contribution in [0.5, 0.6) is 0 Å². The Kier molecular flexibility index (Phi) is 4.96. The van der Waals surface area contributed by atoms with E-state index >= 15 is 0 Å². The summed E-state index contributed by atoms with van der Waals surface area (Å²) in [5.74, 6) is 0.971. The number of aryl methyl sites for hydroxylation is 1. The zero-order valence-electron chi connectivity index (χ0n) is 13.2. The third kappa shape index (κ3) is 4.10. The number of carbonyl (C=O) groups excluding carboxylic acids is 1. The van der Waals surface area contributed by atoms with E-state index in [-0.39, 0.29) is 17.7 Å². The molecule has 3 rings (SSSR count). The summed E-state index contributed by atoms with van der Waals surface area (Å²) in [7, 11) is -1.17. The summed E-state index contributed by atoms with van der Waals surface area (Å²) >= 11 is 0. The molecule has 1 aliphatic rings. The Morgan fingerprint density at radius 1 is 1.26 bits per heavy atom. The predicted octanol–water partition coefficient (Wildman–Crippen LogP) is 3.57. The lowest BCUT2D eigenvalue weighted by Crippen LogP contribution is -2.32. The Hall–Kier alpha value is -1.88. The number of nitrogens with one attached hydrogen (secondary N) is 1. The van der Waals surface area contributed by atoms with Crippen LogP contribution in [-0.4, -0.2) is 16.2 Å². The molecule has 1 aromatic carbocycles. The molecule has 2 aromatic rings. The summed E-state index contributed by atoms with van der Waals surface area (Å²) in [4.78, 5) is 12.9. The first-order valence-electron chi connectivity index (χ1n) is 7.96. The van der Waals surface area contributed by atoms with Gasteiger partial charge in [-0.1, -0.05) is 25.0 Å². The Morgan fingerprint density at radius 3 is 2.78 bits per heavy atom. The van der Waals surface area contributed by atoms with E-state index in [0.29, 0.717) is 11.5 Å². The maximum atomic E-state index is 12.4. The minimum Gasteiger partial charge on any atom is -0.455 e. The molecule has 0 spiro atoms. The van der Waals surface area contributed by atoms with E-state index < -0.39 is 10.8 Å². The molecule has 1 fully saturated rings. The second-order valence-corrected chi connectivity index (χ2v) is 7.48. The lowest BCUT2D eigenvalue weighted by molar-refractivity contribution is 0.0908. The van der Waals surface area contributed by atoms with Crippen LogP contribution in [0, 0.1) is 6.92 Å². The summed E-state index contributed by atoms with van der Waals surface area (Å²) in [5.41, 5.74) is 1.08. The van der Waals surface area contributed by atoms with Crippen molar-refractivity contribution in [3.8, 4) is 0 Å². The fourth-order valence-corrected chi connectivity index (χ4v) is 4.00. The molecule has 23 heavy (non-hydrogen) atoms. The van der Waals surface area contributed by atoms with Crippen LogP contribution in [0.15, 0.2) is 45.7 Å². The van der Waals surface area contributed by atoms with Gasteiger partial charge < -0.3 is 9.73 Å². The number of furan rings is 1. The first kappa shape index (κ1) is 16.0. The third-order valence-electron chi connectivity index (χ3n) is 4.10. The van der Waals surface area contributed by atoms with E-state index in [4.69, 9.17) is 4.42 Å². The van der Waals surface area contributed by atoms with Crippen molar-refractivity contribution in [2.24, 2.45) is 0 Å². The van der Waals surface area contributed by atoms with Gasteiger partial charge in [-0.3, -0.25) is 9.00 Å². The molecular formula is C18H21NO3S. The van der Waals surface area contributed by atoms with Crippen LogP contribution < -0.4 is 5.32 Å². The maximum Gasteiger partial charge on any atom is 0.287 e. The quantitative estimate of drug-likeness (QED) is 0.911. The first-order chi connectivity index (χ1) is 11.1. The summed E-state index contributed by atoms with van der Waals surface area (Å²) in [6.07, 6.45) is 4.42. The van der Waals surface area contributed by atoms with Crippen molar-refractivity contribution in [3.63, 3.8) is 0 Å². The topological polar surface area (TPSA) is 59.3 Å². The van der Waals surface area contributed by atoms with E-state index in [1.165, 1.54) is 12.8 Å². The Balaban J connectivity index is 1.62. The lowest BCUT2D eigenvalue weighted by atomic mass is 10.2. The summed E-state index contributed by atoms with van der Waals surface area (Å²) in [5, 5.41) is 2.99. The van der Waals surface area contributed by atoms with E-state index in [9.17, 15) is 9.00 Å². The SMILES string of the molecule is Cc1cccc([S@](=O)Cc2ccc(C(=O)NC3CCCC3)o2)c1. The molecule has 1 saturated carbocycles. The van der Waals surface area contributed by atoms with Crippen molar-refractivity contribution < 1.29 is 13.4 Å². The molecule has 0 unspecified atom stereocenters. The molecule has 4 nitrogen and oxygen atoms in total. The van der Waals surface area contributed by atoms with E-state index in [1.54, 1.807) is 12.1 Å². The highest BCUT2D eigenvalue weighted by molar-refractivity contribution is 7.84. The fourth-order valence-electron chi connectivity index (χ4n) is 2.87. The second-order valence-electron chi connectivity index (χ2n) is 6.03. The molecule has 0 bridgehead atoms. The first-order valence-corrected chi connectivity index (χ1v) is 9.28. The van der Waals surface area contributed by atoms with Crippen molar-refractivity contribution in [1.29, 1.82) is 0 Å². The molecule has 0 aliphatic heterocycles. The second kappa shape index (κ2) is 7.13. The van der Waals surface area contributed by atoms with Crippen molar-refractivity contribution in [2.45, 2.75) is 49.3 Å². The van der Waals surface area contributed by atoms with Crippen LogP contribution in [0.25, 0.3) is 0 Å². The summed E-state index contributed by atoms with van der Waals surface area (Å²) in [6, 6.07) is 11.3. The molecule has 122 valence electrons. The van der Waals surface area contributed by atoms with Gasteiger partial charge in [0.2, 0.25) is 0 Å². The minimum atomic E-state index is -1.17. The number of hydrogen-bond donors (Lipinski definition) is 1. The zero-order valence-corrected chi connectivity index (χ0v) is 14.0. The Morgan fingerprint density at radius 2 is 2.04 bits per heavy atom. The van der Waals surface area contributed by atoms with Crippen LogP contribution in [0.2, 0.25) is 0 Å². The van der Waals surface area contributed by atoms with Crippen molar-refractivity contribution in [2.75, 3.05) is 0 Å². The number of amides is 1. The van der Waals surface area contributed by atoms with Gasteiger partial charge in [0.25, 0.3) is 5.91 Å². The average molecular weight is 331 g/mol. The van der Waals surface area contributed by atoms with Crippen LogP contribution in [0.4, 0.5) is 0 Å². The van der Waals surface area contributed by atoms with Crippen LogP contribution >= 0.6 is 0 Å². The Bertz CT molecular complexity index is 717. The van der Waals surface area contributed by atoms with Gasteiger partial charge in [-0.25, -0.2) is 0 Å². The highest BCUT2D eigenvalue weighted by Gasteiger charge is 2.20. The van der Waals surface area contributed by atoms with E-state index in [0.717, 1.165) is 23.3 Å². The molecule has 5 heteroatoms. The van der Waals surface area contributed by atoms with Gasteiger partial charge >= 0.3 is 0 Å². The van der Waals surface area contributed by atoms with Gasteiger partial charge in [0.05, 0.1) is 16.6 Å². The minimum absolute atomic E-state index is 0.176. The van der Waals surface area contributed by atoms with Crippen LogP contribution in [0.1, 0.15) is 47.6 Å². The van der Waals surface area contributed by atoms with Crippen molar-refractivity contribution in [1.82, 2.24) is 5.32 Å². The van der Waals surface area contributed by atoms with E-state index in [2.05, 4.69) is 5.32 Å². The highest BCUT2D eigenvalue weighted by Crippen LogP contribution is 2.19. The Labute approximate surface area is 138 Å². The molecular weight excluding hydrogens is 310 g/mol. The molecule has 1 amide bonds. The summed E-state index contributed by atoms with van der Waals surface area (Å²) < 4.78 is 17.9. The van der Waals surface area contributed by atoms with Gasteiger partial charge in [-0.05, 0) is 49.6 Å². The number of benzene rings is 1. The van der Waals surface area contributed by atoms with Crippen molar-refractivity contribution in [3.05, 3.63) is 53.5 Å². The van der Waals surface area contributed by atoms with Crippen LogP contribution in [0.3, 0.4) is 0 Å². The fraction of sp³-hybridized carbons (Fsp3) is 0.389. The number of carbonyl (C=O) groups is 1. The average Bonchev–Trinajstić information content (AvgIpc) is 3.19. The lowest BCUT2D eigenvalue weighted by Gasteiger charge is -2.09. The molecule has 0 radical (unpaired) electrons. The van der Waals surface area contributed by atoms with Gasteiger partial charge in [-0.2, -0.15) is 0 Å². The van der Waals surface area contributed by atoms with Crippen LogP contribution in [-0.2, 0) is 16.6 Å². The van der Waals surface area contributed by atoms with E-state index in [1.807, 2.05) is 31.2 Å². The molecule has 1 heterocycles. The van der Waals surface area contributed by atoms with Gasteiger partial charge in [-0.15, -0.1) is 0 Å². The molecule has 1 atom stereocenters. The molecule has 1 N–H and O–H groups in total. The molecule has 1 aromatic heterocycles. The van der Waals surface area contributed by atoms with Gasteiger partial charge in [0.15, 0.2) is 5.76 Å². The monoisotopic (exact) mass is 331 g/mol. The smallest absolute Gasteiger partial charge is 0.287 e. The van der Waals surface area contributed by atoms with Crippen molar-refractivity contribution >= 4 is 16.7 Å².